The summed E-state index contributed by atoms with van der Waals surface area (Å²) in [6.07, 6.45) is 1.81. The van der Waals surface area contributed by atoms with E-state index in [9.17, 15) is 36.0 Å². The Morgan fingerprint density at radius 3 is 2.13 bits per heavy atom. The van der Waals surface area contributed by atoms with Gasteiger partial charge >= 0.3 is 11.5 Å². The number of halogens is 3. The number of amides is 4. The lowest BCUT2D eigenvalue weighted by Crippen LogP contribution is -2.52. The number of imide groups is 1. The van der Waals surface area contributed by atoms with E-state index >= 15 is 0 Å². The highest BCUT2D eigenvalue weighted by molar-refractivity contribution is 7.92. The lowest BCUT2D eigenvalue weighted by Gasteiger charge is -2.36. The van der Waals surface area contributed by atoms with Crippen molar-refractivity contribution in [3.05, 3.63) is 90.3 Å². The molecule has 1 unspecified atom stereocenters. The third kappa shape index (κ3) is 5.21. The zero-order valence-electron chi connectivity index (χ0n) is 20.7. The molecule has 1 aromatic heterocycles. The van der Waals surface area contributed by atoms with Crippen LogP contribution >= 0.6 is 0 Å². The summed E-state index contributed by atoms with van der Waals surface area (Å²) in [5.41, 5.74) is -5.98. The Morgan fingerprint density at radius 1 is 0.974 bits per heavy atom. The van der Waals surface area contributed by atoms with Gasteiger partial charge in [-0.1, -0.05) is 30.3 Å². The maximum atomic E-state index is 13.7. The quantitative estimate of drug-likeness (QED) is 0.437. The number of nitrogens with zero attached hydrogens (tertiary/aromatic N) is 3. The van der Waals surface area contributed by atoms with Crippen molar-refractivity contribution in [3.8, 4) is 0 Å². The molecule has 204 valence electrons. The summed E-state index contributed by atoms with van der Waals surface area (Å²) in [6.45, 7) is 2.93. The molecule has 2 heterocycles. The Morgan fingerprint density at radius 2 is 1.56 bits per heavy atom. The van der Waals surface area contributed by atoms with Crippen LogP contribution in [-0.2, 0) is 25.8 Å². The Bertz CT molecular complexity index is 1500. The van der Waals surface area contributed by atoms with Crippen LogP contribution in [0.3, 0.4) is 0 Å². The summed E-state index contributed by atoms with van der Waals surface area (Å²) in [4.78, 5) is 45.0. The fraction of sp³-hybridized carbons (Fsp3) is 0.231. The van der Waals surface area contributed by atoms with E-state index in [-0.39, 0.29) is 12.1 Å². The minimum atomic E-state index is -5.62. The summed E-state index contributed by atoms with van der Waals surface area (Å²) in [6, 6.07) is 14.4. The van der Waals surface area contributed by atoms with Crippen molar-refractivity contribution in [1.29, 1.82) is 0 Å². The van der Waals surface area contributed by atoms with Crippen LogP contribution in [0.5, 0.6) is 0 Å². The van der Waals surface area contributed by atoms with Crippen molar-refractivity contribution >= 4 is 33.4 Å². The smallest absolute Gasteiger partial charge is 0.331 e. The van der Waals surface area contributed by atoms with Crippen LogP contribution in [0.25, 0.3) is 0 Å². The van der Waals surface area contributed by atoms with Crippen LogP contribution in [0.2, 0.25) is 0 Å². The summed E-state index contributed by atoms with van der Waals surface area (Å²) in [5.74, 6) is -1.16. The van der Waals surface area contributed by atoms with Gasteiger partial charge in [0.2, 0.25) is 5.91 Å². The summed E-state index contributed by atoms with van der Waals surface area (Å²) >= 11 is 0. The molecule has 0 saturated carbocycles. The van der Waals surface area contributed by atoms with Crippen LogP contribution < -0.4 is 10.2 Å². The maximum Gasteiger partial charge on any atom is 0.501 e. The molecule has 1 aliphatic rings. The molecule has 13 heteroatoms. The fourth-order valence-corrected chi connectivity index (χ4v) is 4.97. The number of carbonyl (C=O) groups excluding carboxylic acids is 3. The molecule has 1 atom stereocenters. The average molecular weight is 561 g/mol. The molecular formula is C26H23F3N4O5S. The van der Waals surface area contributed by atoms with Crippen molar-refractivity contribution in [1.82, 2.24) is 15.2 Å². The van der Waals surface area contributed by atoms with Crippen molar-refractivity contribution in [2.24, 2.45) is 0 Å². The molecule has 0 bridgehead atoms. The molecule has 2 aromatic carbocycles. The molecule has 39 heavy (non-hydrogen) atoms. The van der Waals surface area contributed by atoms with E-state index in [1.807, 2.05) is 0 Å². The minimum absolute atomic E-state index is 0.00230. The number of carbonyl (C=O) groups is 3. The summed E-state index contributed by atoms with van der Waals surface area (Å²) in [5, 5.41) is 2.80. The predicted octanol–water partition coefficient (Wildman–Crippen LogP) is 3.98. The number of anilines is 1. The maximum absolute atomic E-state index is 13.7. The summed E-state index contributed by atoms with van der Waals surface area (Å²) < 4.78 is 62.3. The number of rotatable bonds is 7. The second-order valence-corrected chi connectivity index (χ2v) is 11.1. The lowest BCUT2D eigenvalue weighted by atomic mass is 10.0. The van der Waals surface area contributed by atoms with Gasteiger partial charge in [-0.2, -0.15) is 13.2 Å². The molecule has 0 spiro atoms. The second-order valence-electron chi connectivity index (χ2n) is 9.21. The van der Waals surface area contributed by atoms with Gasteiger partial charge in [0.05, 0.1) is 17.0 Å². The monoisotopic (exact) mass is 560 g/mol. The molecule has 0 aliphatic carbocycles. The molecule has 1 fully saturated rings. The topological polar surface area (TPSA) is 117 Å². The first kappa shape index (κ1) is 27.8. The van der Waals surface area contributed by atoms with Gasteiger partial charge in [-0.25, -0.2) is 18.1 Å². The highest BCUT2D eigenvalue weighted by atomic mass is 32.2. The zero-order chi connectivity index (χ0) is 28.6. The molecule has 0 radical (unpaired) electrons. The van der Waals surface area contributed by atoms with Gasteiger partial charge in [0.1, 0.15) is 11.7 Å². The first-order valence-corrected chi connectivity index (χ1v) is 13.1. The number of hydrogen-bond acceptors (Lipinski definition) is 6. The number of nitrogens with one attached hydrogen (secondary N) is 1. The molecule has 1 N–H and O–H groups in total. The van der Waals surface area contributed by atoms with Gasteiger partial charge < -0.3 is 5.32 Å². The second kappa shape index (κ2) is 10.1. The van der Waals surface area contributed by atoms with Gasteiger partial charge in [0.15, 0.2) is 0 Å². The number of alkyl halides is 3. The largest absolute Gasteiger partial charge is 0.501 e. The Balaban J connectivity index is 1.69. The SMILES string of the molecule is CC1(C)C(=O)N(c2ccc(S(=O)(=O)C(F)(F)F)cc2)C(=O)N1C(NC(=O)Cc1ccccc1)c1ccncc1. The first-order chi connectivity index (χ1) is 18.2. The first-order valence-electron chi connectivity index (χ1n) is 11.6. The third-order valence-corrected chi connectivity index (χ3v) is 7.72. The Kier molecular flexibility index (Phi) is 7.21. The average Bonchev–Trinajstić information content (AvgIpc) is 3.06. The van der Waals surface area contributed by atoms with Crippen LogP contribution in [0.15, 0.2) is 84.0 Å². The minimum Gasteiger partial charge on any atom is -0.331 e. The number of aromatic nitrogens is 1. The van der Waals surface area contributed by atoms with Gasteiger partial charge in [-0.15, -0.1) is 0 Å². The van der Waals surface area contributed by atoms with E-state index in [1.54, 1.807) is 42.5 Å². The molecule has 3 aromatic rings. The van der Waals surface area contributed by atoms with Crippen molar-refractivity contribution in [2.75, 3.05) is 4.90 Å². The number of pyridine rings is 1. The Labute approximate surface area is 222 Å². The van der Waals surface area contributed by atoms with Gasteiger partial charge in [0, 0.05) is 12.4 Å². The third-order valence-electron chi connectivity index (χ3n) is 6.22. The van der Waals surface area contributed by atoms with E-state index in [2.05, 4.69) is 10.3 Å². The van der Waals surface area contributed by atoms with E-state index in [1.165, 1.54) is 26.2 Å². The summed E-state index contributed by atoms with van der Waals surface area (Å²) in [7, 11) is -5.62. The van der Waals surface area contributed by atoms with E-state index < -0.39 is 49.8 Å². The Hall–Kier alpha value is -4.26. The molecule has 1 saturated heterocycles. The molecule has 1 aliphatic heterocycles. The number of hydrogen-bond donors (Lipinski definition) is 1. The number of benzene rings is 2. The van der Waals surface area contributed by atoms with Crippen molar-refractivity contribution in [2.45, 2.75) is 42.4 Å². The zero-order valence-corrected chi connectivity index (χ0v) is 21.5. The van der Waals surface area contributed by atoms with E-state index in [4.69, 9.17) is 0 Å². The number of sulfone groups is 1. The van der Waals surface area contributed by atoms with Crippen LogP contribution in [0.4, 0.5) is 23.7 Å². The van der Waals surface area contributed by atoms with Gasteiger partial charge in [0.25, 0.3) is 15.7 Å². The fourth-order valence-electron chi connectivity index (χ4n) is 4.21. The van der Waals surface area contributed by atoms with Gasteiger partial charge in [-0.05, 0) is 61.4 Å². The predicted molar refractivity (Wildman–Crippen MR) is 134 cm³/mol. The molecule has 9 nitrogen and oxygen atoms in total. The molecular weight excluding hydrogens is 537 g/mol. The van der Waals surface area contributed by atoms with E-state index in [0.717, 1.165) is 27.5 Å². The molecule has 4 rings (SSSR count). The van der Waals surface area contributed by atoms with Crippen LogP contribution in [0, 0.1) is 0 Å². The molecule has 4 amide bonds. The normalized spacial score (nSPS) is 16.3. The van der Waals surface area contributed by atoms with E-state index in [0.29, 0.717) is 17.7 Å². The standard InChI is InChI=1S/C26H23F3N4O5S/c1-25(2)23(35)32(19-8-10-20(11-9-19)39(37,38)26(27,28)29)24(36)33(25)22(18-12-14-30-15-13-18)31-21(34)16-17-6-4-3-5-7-17/h3-15,22H,16H2,1-2H3,(H,31,34). The highest BCUT2D eigenvalue weighted by Crippen LogP contribution is 2.38. The highest BCUT2D eigenvalue weighted by Gasteiger charge is 2.55. The van der Waals surface area contributed by atoms with Gasteiger partial charge in [-0.3, -0.25) is 19.5 Å². The van der Waals surface area contributed by atoms with Crippen LogP contribution in [-0.4, -0.2) is 47.2 Å². The number of urea groups is 1. The van der Waals surface area contributed by atoms with Crippen LogP contribution in [0.1, 0.15) is 31.1 Å². The van der Waals surface area contributed by atoms with Crippen molar-refractivity contribution < 1.29 is 36.0 Å². The lowest BCUT2D eigenvalue weighted by molar-refractivity contribution is -0.127. The van der Waals surface area contributed by atoms with Crippen molar-refractivity contribution in [3.63, 3.8) is 0 Å².